The van der Waals surface area contributed by atoms with Crippen molar-refractivity contribution in [3.05, 3.63) is 39.9 Å². The maximum atomic E-state index is 12.4. The smallest absolute Gasteiger partial charge is 0.269 e. The molecule has 1 rings (SSSR count). The third-order valence-corrected chi connectivity index (χ3v) is 3.65. The van der Waals surface area contributed by atoms with Gasteiger partial charge in [0, 0.05) is 25.5 Å². The van der Waals surface area contributed by atoms with Gasteiger partial charge in [-0.05, 0) is 17.9 Å². The molecule has 142 valence electrons. The Bertz CT molecular complexity index is 672. The number of carbonyl (C=O) groups is 3. The second-order valence-electron chi connectivity index (χ2n) is 6.47. The molecule has 0 heterocycles. The molecule has 0 radical (unpaired) electrons. The minimum Gasteiger partial charge on any atom is -0.368 e. The van der Waals surface area contributed by atoms with Crippen LogP contribution in [-0.2, 0) is 20.8 Å². The van der Waals surface area contributed by atoms with Crippen LogP contribution in [0.4, 0.5) is 5.69 Å². The Hall–Kier alpha value is -2.97. The van der Waals surface area contributed by atoms with E-state index in [4.69, 9.17) is 5.73 Å². The Balaban J connectivity index is 2.85. The van der Waals surface area contributed by atoms with E-state index in [1.165, 1.54) is 31.2 Å². The van der Waals surface area contributed by atoms with Gasteiger partial charge in [-0.25, -0.2) is 0 Å². The minimum absolute atomic E-state index is 0.0731. The lowest BCUT2D eigenvalue weighted by Crippen LogP contribution is -2.53. The van der Waals surface area contributed by atoms with Crippen LogP contribution in [0, 0.1) is 16.0 Å². The number of amides is 3. The van der Waals surface area contributed by atoms with E-state index in [2.05, 4.69) is 10.6 Å². The summed E-state index contributed by atoms with van der Waals surface area (Å²) in [7, 11) is 0. The summed E-state index contributed by atoms with van der Waals surface area (Å²) in [6.07, 6.45) is 0.502. The van der Waals surface area contributed by atoms with Gasteiger partial charge in [0.05, 0.1) is 4.92 Å². The Morgan fingerprint density at radius 1 is 1.12 bits per heavy atom. The molecule has 2 atom stereocenters. The Kier molecular flexibility index (Phi) is 7.70. The van der Waals surface area contributed by atoms with E-state index in [9.17, 15) is 24.5 Å². The van der Waals surface area contributed by atoms with Crippen LogP contribution >= 0.6 is 0 Å². The fraction of sp³-hybridized carbons (Fsp3) is 0.471. The lowest BCUT2D eigenvalue weighted by molar-refractivity contribution is -0.384. The predicted molar refractivity (Wildman–Crippen MR) is 95.0 cm³/mol. The molecular formula is C17H24N4O5. The van der Waals surface area contributed by atoms with Crippen LogP contribution in [0.25, 0.3) is 0 Å². The summed E-state index contributed by atoms with van der Waals surface area (Å²) in [6, 6.07) is 3.86. The highest BCUT2D eigenvalue weighted by Crippen LogP contribution is 2.13. The normalized spacial score (nSPS) is 12.9. The summed E-state index contributed by atoms with van der Waals surface area (Å²) in [5, 5.41) is 15.8. The molecule has 4 N–H and O–H groups in total. The maximum absolute atomic E-state index is 12.4. The van der Waals surface area contributed by atoms with Crippen molar-refractivity contribution in [2.24, 2.45) is 11.7 Å². The number of non-ortho nitro benzene ring substituents is 1. The third kappa shape index (κ3) is 6.88. The number of primary amides is 1. The zero-order valence-electron chi connectivity index (χ0n) is 15.0. The number of nitrogens with zero attached hydrogens (tertiary/aromatic N) is 1. The summed E-state index contributed by atoms with van der Waals surface area (Å²) in [5.74, 6) is -1.43. The second kappa shape index (κ2) is 9.50. The first-order chi connectivity index (χ1) is 12.1. The van der Waals surface area contributed by atoms with Crippen molar-refractivity contribution in [1.29, 1.82) is 0 Å². The molecule has 0 aliphatic carbocycles. The minimum atomic E-state index is -0.993. The van der Waals surface area contributed by atoms with Crippen LogP contribution in [0.15, 0.2) is 24.3 Å². The number of hydrogen-bond acceptors (Lipinski definition) is 5. The molecule has 1 aromatic carbocycles. The fourth-order valence-corrected chi connectivity index (χ4v) is 2.43. The molecule has 26 heavy (non-hydrogen) atoms. The van der Waals surface area contributed by atoms with Crippen molar-refractivity contribution in [1.82, 2.24) is 10.6 Å². The number of benzene rings is 1. The van der Waals surface area contributed by atoms with Crippen molar-refractivity contribution >= 4 is 23.4 Å². The standard InChI is InChI=1S/C17H24N4O5/c1-10(2)8-15(19-11(3)22)17(24)20-14(16(18)23)9-12-4-6-13(7-5-12)21(25)26/h4-7,10,14-15H,8-9H2,1-3H3,(H2,18,23)(H,19,22)(H,20,24)/t14-,15-/m0/s1. The molecule has 0 aliphatic rings. The topological polar surface area (TPSA) is 144 Å². The van der Waals surface area contributed by atoms with Gasteiger partial charge < -0.3 is 16.4 Å². The molecule has 0 saturated heterocycles. The summed E-state index contributed by atoms with van der Waals surface area (Å²) >= 11 is 0. The Morgan fingerprint density at radius 2 is 1.69 bits per heavy atom. The number of carbonyl (C=O) groups excluding carboxylic acids is 3. The lowest BCUT2D eigenvalue weighted by Gasteiger charge is -2.22. The summed E-state index contributed by atoms with van der Waals surface area (Å²) in [5.41, 5.74) is 5.90. The summed E-state index contributed by atoms with van der Waals surface area (Å²) < 4.78 is 0. The fourth-order valence-electron chi connectivity index (χ4n) is 2.43. The average Bonchev–Trinajstić information content (AvgIpc) is 2.53. The third-order valence-electron chi connectivity index (χ3n) is 3.65. The lowest BCUT2D eigenvalue weighted by atomic mass is 10.0. The Labute approximate surface area is 151 Å². The molecule has 0 unspecified atom stereocenters. The highest BCUT2D eigenvalue weighted by Gasteiger charge is 2.26. The van der Waals surface area contributed by atoms with Gasteiger partial charge >= 0.3 is 0 Å². The highest BCUT2D eigenvalue weighted by atomic mass is 16.6. The van der Waals surface area contributed by atoms with E-state index in [0.717, 1.165) is 0 Å². The molecule has 0 fully saturated rings. The monoisotopic (exact) mass is 364 g/mol. The van der Waals surface area contributed by atoms with Crippen LogP contribution in [0.5, 0.6) is 0 Å². The molecule has 9 nitrogen and oxygen atoms in total. The van der Waals surface area contributed by atoms with Gasteiger partial charge in [-0.15, -0.1) is 0 Å². The second-order valence-corrected chi connectivity index (χ2v) is 6.47. The molecule has 0 saturated carbocycles. The summed E-state index contributed by atoms with van der Waals surface area (Å²) in [6.45, 7) is 5.12. The number of nitro benzene ring substituents is 1. The molecule has 3 amide bonds. The van der Waals surface area contributed by atoms with Gasteiger partial charge in [0.25, 0.3) is 5.69 Å². The molecule has 9 heteroatoms. The van der Waals surface area contributed by atoms with Crippen molar-refractivity contribution in [3.8, 4) is 0 Å². The average molecular weight is 364 g/mol. The first-order valence-electron chi connectivity index (χ1n) is 8.20. The number of nitro groups is 1. The quantitative estimate of drug-likeness (QED) is 0.435. The van der Waals surface area contributed by atoms with Crippen molar-refractivity contribution in [2.75, 3.05) is 0 Å². The number of rotatable bonds is 9. The first-order valence-corrected chi connectivity index (χ1v) is 8.20. The van der Waals surface area contributed by atoms with Crippen LogP contribution in [-0.4, -0.2) is 34.7 Å². The summed E-state index contributed by atoms with van der Waals surface area (Å²) in [4.78, 5) is 45.6. The zero-order valence-corrected chi connectivity index (χ0v) is 15.0. The van der Waals surface area contributed by atoms with Gasteiger partial charge in [-0.2, -0.15) is 0 Å². The molecule has 1 aromatic rings. The SMILES string of the molecule is CC(=O)N[C@@H](CC(C)C)C(=O)N[C@@H](Cc1ccc([N+](=O)[O-])cc1)C(N)=O. The highest BCUT2D eigenvalue weighted by molar-refractivity contribution is 5.91. The first kappa shape index (κ1) is 21.1. The molecule has 0 spiro atoms. The van der Waals surface area contributed by atoms with Crippen molar-refractivity contribution < 1.29 is 19.3 Å². The largest absolute Gasteiger partial charge is 0.368 e. The van der Waals surface area contributed by atoms with Gasteiger partial charge in [0.2, 0.25) is 17.7 Å². The van der Waals surface area contributed by atoms with Crippen molar-refractivity contribution in [2.45, 2.75) is 45.7 Å². The zero-order chi connectivity index (χ0) is 19.9. The van der Waals surface area contributed by atoms with E-state index in [0.29, 0.717) is 12.0 Å². The van der Waals surface area contributed by atoms with Crippen LogP contribution < -0.4 is 16.4 Å². The van der Waals surface area contributed by atoms with Gasteiger partial charge in [-0.3, -0.25) is 24.5 Å². The van der Waals surface area contributed by atoms with E-state index in [1.54, 1.807) is 0 Å². The molecule has 0 aromatic heterocycles. The Morgan fingerprint density at radius 3 is 2.12 bits per heavy atom. The maximum Gasteiger partial charge on any atom is 0.269 e. The molecule has 0 aliphatic heterocycles. The van der Waals surface area contributed by atoms with E-state index < -0.39 is 28.8 Å². The van der Waals surface area contributed by atoms with E-state index in [-0.39, 0.29) is 23.9 Å². The number of nitrogens with two attached hydrogens (primary N) is 1. The molecular weight excluding hydrogens is 340 g/mol. The van der Waals surface area contributed by atoms with Crippen LogP contribution in [0.2, 0.25) is 0 Å². The number of nitrogens with one attached hydrogen (secondary N) is 2. The van der Waals surface area contributed by atoms with Crippen LogP contribution in [0.1, 0.15) is 32.8 Å². The van der Waals surface area contributed by atoms with Gasteiger partial charge in [0.1, 0.15) is 12.1 Å². The van der Waals surface area contributed by atoms with Gasteiger partial charge in [0.15, 0.2) is 0 Å². The van der Waals surface area contributed by atoms with Gasteiger partial charge in [-0.1, -0.05) is 26.0 Å². The molecule has 0 bridgehead atoms. The van der Waals surface area contributed by atoms with Crippen LogP contribution in [0.3, 0.4) is 0 Å². The number of hydrogen-bond donors (Lipinski definition) is 3. The van der Waals surface area contributed by atoms with E-state index in [1.807, 2.05) is 13.8 Å². The van der Waals surface area contributed by atoms with E-state index >= 15 is 0 Å². The van der Waals surface area contributed by atoms with Crippen molar-refractivity contribution in [3.63, 3.8) is 0 Å². The predicted octanol–water partition coefficient (Wildman–Crippen LogP) is 0.658.